The molecule has 0 aliphatic carbocycles. The Hall–Kier alpha value is -2.93. The van der Waals surface area contributed by atoms with E-state index in [1.165, 1.54) is 9.79 Å². The number of benzene rings is 3. The van der Waals surface area contributed by atoms with E-state index in [2.05, 4.69) is 29.0 Å². The lowest BCUT2D eigenvalue weighted by atomic mass is 10.3. The third-order valence-electron chi connectivity index (χ3n) is 3.71. The highest BCUT2D eigenvalue weighted by molar-refractivity contribution is 8.17. The molecule has 0 unspecified atom stereocenters. The number of hydrogen-bond donors (Lipinski definition) is 1. The molecule has 0 aliphatic rings. The predicted molar refractivity (Wildman–Crippen MR) is 101 cm³/mol. The van der Waals surface area contributed by atoms with Gasteiger partial charge in [0.25, 0.3) is 0 Å². The number of halogens is 3. The molecule has 0 spiro atoms. The van der Waals surface area contributed by atoms with Gasteiger partial charge < -0.3 is 9.47 Å². The van der Waals surface area contributed by atoms with Crippen LogP contribution in [0.1, 0.15) is 0 Å². The van der Waals surface area contributed by atoms with Crippen molar-refractivity contribution < 1.29 is 27.4 Å². The van der Waals surface area contributed by atoms with Crippen LogP contribution >= 0.6 is 10.9 Å². The van der Waals surface area contributed by atoms with Crippen LogP contribution in [0.3, 0.4) is 0 Å². The van der Waals surface area contributed by atoms with Gasteiger partial charge in [0.2, 0.25) is 0 Å². The number of thiol groups is 1. The zero-order valence-corrected chi connectivity index (χ0v) is 15.5. The minimum absolute atomic E-state index is 0.291. The van der Waals surface area contributed by atoms with Gasteiger partial charge >= 0.3 is 12.3 Å². The molecule has 0 heterocycles. The fourth-order valence-corrected chi connectivity index (χ4v) is 4.88. The molecule has 0 fully saturated rings. The Morgan fingerprint density at radius 2 is 1.21 bits per heavy atom. The molecule has 0 atom stereocenters. The molecule has 28 heavy (non-hydrogen) atoms. The third kappa shape index (κ3) is 5.53. The number of alkyl halides is 3. The van der Waals surface area contributed by atoms with Gasteiger partial charge in [-0.15, -0.1) is 13.2 Å². The van der Waals surface area contributed by atoms with E-state index in [0.717, 1.165) is 4.90 Å². The molecule has 0 saturated heterocycles. The Morgan fingerprint density at radius 1 is 0.750 bits per heavy atom. The quantitative estimate of drug-likeness (QED) is 0.427. The number of carbonyl (C=O) groups excluding carboxylic acids is 1. The lowest BCUT2D eigenvalue weighted by molar-refractivity contribution is -0.306. The van der Waals surface area contributed by atoms with Crippen LogP contribution in [0.15, 0.2) is 99.6 Å². The van der Waals surface area contributed by atoms with Crippen molar-refractivity contribution in [1.29, 1.82) is 0 Å². The maximum absolute atomic E-state index is 12.0. The average Bonchev–Trinajstić information content (AvgIpc) is 2.68. The summed E-state index contributed by atoms with van der Waals surface area (Å²) >= 11 is 0. The van der Waals surface area contributed by atoms with Crippen molar-refractivity contribution in [3.05, 3.63) is 84.9 Å². The Morgan fingerprint density at radius 3 is 1.68 bits per heavy atom. The number of rotatable bonds is 6. The molecule has 3 aromatic carbocycles. The summed E-state index contributed by atoms with van der Waals surface area (Å²) in [7, 11) is -0.795. The molecule has 3 aromatic rings. The SMILES string of the molecule is O=C(COc1ccc([SH](c2ccccc2)c2ccccc2)cc1)OC(F)(F)F. The second-order valence-corrected chi connectivity index (χ2v) is 7.93. The third-order valence-corrected chi connectivity index (χ3v) is 6.15. The summed E-state index contributed by atoms with van der Waals surface area (Å²) in [4.78, 5) is 14.5. The van der Waals surface area contributed by atoms with E-state index in [1.807, 2.05) is 48.5 Å². The molecule has 3 rings (SSSR count). The van der Waals surface area contributed by atoms with E-state index in [-0.39, 0.29) is 0 Å². The number of hydrogen-bond acceptors (Lipinski definition) is 3. The van der Waals surface area contributed by atoms with Gasteiger partial charge in [-0.2, -0.15) is 10.9 Å². The largest absolute Gasteiger partial charge is 0.575 e. The van der Waals surface area contributed by atoms with Gasteiger partial charge in [-0.3, -0.25) is 0 Å². The van der Waals surface area contributed by atoms with E-state index >= 15 is 0 Å². The van der Waals surface area contributed by atoms with Gasteiger partial charge in [0.15, 0.2) is 6.61 Å². The normalized spacial score (nSPS) is 11.6. The van der Waals surface area contributed by atoms with Gasteiger partial charge in [-0.25, -0.2) is 4.79 Å². The minimum atomic E-state index is -5.01. The Bertz CT molecular complexity index is 858. The van der Waals surface area contributed by atoms with Crippen LogP contribution in [0.4, 0.5) is 13.2 Å². The van der Waals surface area contributed by atoms with Crippen molar-refractivity contribution in [1.82, 2.24) is 0 Å². The Labute approximate surface area is 163 Å². The monoisotopic (exact) mass is 406 g/mol. The predicted octanol–water partition coefficient (Wildman–Crippen LogP) is 5.61. The highest BCUT2D eigenvalue weighted by Crippen LogP contribution is 2.51. The zero-order chi connectivity index (χ0) is 20.0. The van der Waals surface area contributed by atoms with Gasteiger partial charge in [0.05, 0.1) is 0 Å². The second-order valence-electron chi connectivity index (χ2n) is 5.71. The van der Waals surface area contributed by atoms with Crippen LogP contribution in [0, 0.1) is 0 Å². The highest BCUT2D eigenvalue weighted by atomic mass is 32.2. The fourth-order valence-electron chi connectivity index (χ4n) is 2.59. The highest BCUT2D eigenvalue weighted by Gasteiger charge is 2.34. The molecule has 0 N–H and O–H groups in total. The van der Waals surface area contributed by atoms with Gasteiger partial charge in [-0.05, 0) is 63.2 Å². The summed E-state index contributed by atoms with van der Waals surface area (Å²) in [5.41, 5.74) is 0. The van der Waals surface area contributed by atoms with E-state index in [9.17, 15) is 18.0 Å². The van der Waals surface area contributed by atoms with E-state index in [0.29, 0.717) is 5.75 Å². The Kier molecular flexibility index (Phi) is 6.26. The van der Waals surface area contributed by atoms with Crippen molar-refractivity contribution in [3.8, 4) is 5.75 Å². The maximum Gasteiger partial charge on any atom is 0.575 e. The fraction of sp³-hybridized carbons (Fsp3) is 0.0952. The van der Waals surface area contributed by atoms with Crippen LogP contribution in [-0.2, 0) is 9.53 Å². The summed E-state index contributed by atoms with van der Waals surface area (Å²) in [6, 6.07) is 27.1. The van der Waals surface area contributed by atoms with Crippen LogP contribution in [0.25, 0.3) is 0 Å². The van der Waals surface area contributed by atoms with Crippen molar-refractivity contribution >= 4 is 16.9 Å². The van der Waals surface area contributed by atoms with Gasteiger partial charge in [-0.1, -0.05) is 36.4 Å². The summed E-state index contributed by atoms with van der Waals surface area (Å²) in [6.45, 7) is -0.814. The van der Waals surface area contributed by atoms with Crippen LogP contribution in [0.2, 0.25) is 0 Å². The van der Waals surface area contributed by atoms with Crippen molar-refractivity contribution in [2.75, 3.05) is 6.61 Å². The molecule has 3 nitrogen and oxygen atoms in total. The molecule has 0 aromatic heterocycles. The van der Waals surface area contributed by atoms with Crippen molar-refractivity contribution in [2.45, 2.75) is 21.0 Å². The number of carbonyl (C=O) groups is 1. The number of esters is 1. The molecule has 0 amide bonds. The first-order valence-electron chi connectivity index (χ1n) is 8.34. The molecule has 0 aliphatic heterocycles. The maximum atomic E-state index is 12.0. The number of ether oxygens (including phenoxy) is 2. The summed E-state index contributed by atoms with van der Waals surface area (Å²) < 4.78 is 44.4. The van der Waals surface area contributed by atoms with Crippen LogP contribution in [0.5, 0.6) is 5.75 Å². The van der Waals surface area contributed by atoms with Crippen molar-refractivity contribution in [3.63, 3.8) is 0 Å². The lowest BCUT2D eigenvalue weighted by Gasteiger charge is -2.23. The molecule has 0 bridgehead atoms. The first kappa shape index (κ1) is 19.8. The minimum Gasteiger partial charge on any atom is -0.482 e. The molecule has 7 heteroatoms. The topological polar surface area (TPSA) is 35.5 Å². The Balaban J connectivity index is 1.77. The second kappa shape index (κ2) is 8.84. The van der Waals surface area contributed by atoms with E-state index in [4.69, 9.17) is 4.74 Å². The van der Waals surface area contributed by atoms with Gasteiger partial charge in [0, 0.05) is 0 Å². The summed E-state index contributed by atoms with van der Waals surface area (Å²) in [6.07, 6.45) is -5.01. The smallest absolute Gasteiger partial charge is 0.482 e. The van der Waals surface area contributed by atoms with E-state index < -0.39 is 29.8 Å². The van der Waals surface area contributed by atoms with Crippen molar-refractivity contribution in [2.24, 2.45) is 0 Å². The van der Waals surface area contributed by atoms with Crippen LogP contribution < -0.4 is 4.74 Å². The standard InChI is InChI=1S/C21H17F3O3S/c22-21(23,24)27-20(25)15-26-16-11-13-19(14-12-16)28(17-7-3-1-4-8-17)18-9-5-2-6-10-18/h1-14,28H,15H2. The molecular formula is C21H17F3O3S. The van der Waals surface area contributed by atoms with E-state index in [1.54, 1.807) is 12.1 Å². The summed E-state index contributed by atoms with van der Waals surface area (Å²) in [5, 5.41) is 0. The molecule has 146 valence electrons. The first-order chi connectivity index (χ1) is 13.4. The van der Waals surface area contributed by atoms with Gasteiger partial charge in [0.1, 0.15) is 5.75 Å². The zero-order valence-electron chi connectivity index (χ0n) is 14.6. The lowest BCUT2D eigenvalue weighted by Crippen LogP contribution is -2.24. The average molecular weight is 406 g/mol. The molecule has 0 radical (unpaired) electrons. The molecule has 0 saturated carbocycles. The summed E-state index contributed by atoms with van der Waals surface area (Å²) in [5.74, 6) is -1.20. The molecular weight excluding hydrogens is 389 g/mol. The van der Waals surface area contributed by atoms with Crippen LogP contribution in [-0.4, -0.2) is 18.9 Å². The first-order valence-corrected chi connectivity index (χ1v) is 9.68.